The molecule has 0 radical (unpaired) electrons. The van der Waals surface area contributed by atoms with Gasteiger partial charge in [0.2, 0.25) is 0 Å². The van der Waals surface area contributed by atoms with Crippen LogP contribution in [-0.2, 0) is 0 Å². The maximum atomic E-state index is 3.56. The van der Waals surface area contributed by atoms with Crippen molar-refractivity contribution in [1.29, 1.82) is 0 Å². The molecule has 1 aliphatic rings. The van der Waals surface area contributed by atoms with Crippen molar-refractivity contribution in [3.63, 3.8) is 0 Å². The van der Waals surface area contributed by atoms with Crippen LogP contribution in [0.15, 0.2) is 78.5 Å². The average molecular weight is 360 g/mol. The van der Waals surface area contributed by atoms with E-state index in [1.54, 1.807) is 0 Å². The molecule has 0 fully saturated rings. The van der Waals surface area contributed by atoms with Gasteiger partial charge in [0.05, 0.1) is 0 Å². The molecule has 0 bridgehead atoms. The highest BCUT2D eigenvalue weighted by Crippen LogP contribution is 2.31. The van der Waals surface area contributed by atoms with Crippen LogP contribution in [0.2, 0.25) is 0 Å². The van der Waals surface area contributed by atoms with E-state index in [1.165, 1.54) is 55.7 Å². The Bertz CT molecular complexity index is 827. The van der Waals surface area contributed by atoms with Crippen molar-refractivity contribution >= 4 is 16.5 Å². The van der Waals surface area contributed by atoms with Gasteiger partial charge in [-0.15, -0.1) is 0 Å². The van der Waals surface area contributed by atoms with Crippen LogP contribution in [0.5, 0.6) is 0 Å². The molecule has 0 heterocycles. The highest BCUT2D eigenvalue weighted by molar-refractivity contribution is 5.86. The third kappa shape index (κ3) is 5.85. The maximum absolute atomic E-state index is 3.56. The number of allylic oxidation sites excluding steroid dienone is 5. The highest BCUT2D eigenvalue weighted by atomic mass is 14.9. The van der Waals surface area contributed by atoms with Crippen molar-refractivity contribution in [2.24, 2.45) is 5.41 Å². The van der Waals surface area contributed by atoms with Crippen molar-refractivity contribution in [3.05, 3.63) is 78.5 Å². The van der Waals surface area contributed by atoms with E-state index in [9.17, 15) is 0 Å². The zero-order valence-electron chi connectivity index (χ0n) is 16.9. The summed E-state index contributed by atoms with van der Waals surface area (Å²) in [5, 5.41) is 6.11. The number of benzene rings is 2. The predicted octanol–water partition coefficient (Wildman–Crippen LogP) is 8.02. The molecule has 0 saturated heterocycles. The summed E-state index contributed by atoms with van der Waals surface area (Å²) in [5.41, 5.74) is 2.44. The molecule has 1 N–H and O–H groups in total. The zero-order valence-corrected chi connectivity index (χ0v) is 16.9. The normalized spacial score (nSPS) is 19.1. The van der Waals surface area contributed by atoms with Gasteiger partial charge in [-0.25, -0.2) is 0 Å². The number of nitrogens with one attached hydrogen (secondary N) is 1. The van der Waals surface area contributed by atoms with Gasteiger partial charge in [0, 0.05) is 16.8 Å². The van der Waals surface area contributed by atoms with Crippen molar-refractivity contribution < 1.29 is 0 Å². The van der Waals surface area contributed by atoms with Crippen molar-refractivity contribution in [1.82, 2.24) is 0 Å². The van der Waals surface area contributed by atoms with Gasteiger partial charge in [0.1, 0.15) is 0 Å². The van der Waals surface area contributed by atoms with Gasteiger partial charge in [0.25, 0.3) is 0 Å². The van der Waals surface area contributed by atoms with E-state index in [0.29, 0.717) is 0 Å². The molecule has 0 aliphatic heterocycles. The number of rotatable bonds is 9. The van der Waals surface area contributed by atoms with Gasteiger partial charge in [-0.3, -0.25) is 0 Å². The van der Waals surface area contributed by atoms with E-state index in [0.717, 1.165) is 11.4 Å². The van der Waals surface area contributed by atoms with Crippen LogP contribution in [0, 0.1) is 5.41 Å². The highest BCUT2D eigenvalue weighted by Gasteiger charge is 2.17. The number of unbranched alkanes of at least 4 members (excludes halogenated alkanes) is 5. The first-order valence-corrected chi connectivity index (χ1v) is 10.5. The standard InChI is InChI=1S/C26H33N/c1-3-4-5-6-7-10-18-26(2)19-11-14-24(17-20-26)27-25-16-15-22-12-8-9-13-23(22)21-25/h8-9,11-17,19-21,27H,3-7,10,18H2,1-2H3. The van der Waals surface area contributed by atoms with Crippen LogP contribution >= 0.6 is 0 Å². The maximum Gasteiger partial charge on any atom is 0.0390 e. The molecule has 1 unspecified atom stereocenters. The van der Waals surface area contributed by atoms with E-state index in [2.05, 4.69) is 92.0 Å². The van der Waals surface area contributed by atoms with Crippen LogP contribution in [0.1, 0.15) is 58.8 Å². The first kappa shape index (κ1) is 19.5. The van der Waals surface area contributed by atoms with Crippen LogP contribution in [0.4, 0.5) is 5.69 Å². The fraction of sp³-hybridized carbons (Fsp3) is 0.385. The van der Waals surface area contributed by atoms with Gasteiger partial charge in [0.15, 0.2) is 0 Å². The molecular weight excluding hydrogens is 326 g/mol. The van der Waals surface area contributed by atoms with E-state index >= 15 is 0 Å². The lowest BCUT2D eigenvalue weighted by Crippen LogP contribution is -2.09. The van der Waals surface area contributed by atoms with Gasteiger partial charge in [-0.05, 0) is 41.5 Å². The molecule has 0 spiro atoms. The van der Waals surface area contributed by atoms with Gasteiger partial charge in [-0.1, -0.05) is 101 Å². The molecule has 1 aliphatic carbocycles. The molecule has 27 heavy (non-hydrogen) atoms. The van der Waals surface area contributed by atoms with Gasteiger partial charge < -0.3 is 5.32 Å². The van der Waals surface area contributed by atoms with Crippen LogP contribution < -0.4 is 5.32 Å². The summed E-state index contributed by atoms with van der Waals surface area (Å²) in [6, 6.07) is 15.0. The van der Waals surface area contributed by atoms with E-state index in [1.807, 2.05) is 0 Å². The zero-order chi connectivity index (χ0) is 19.0. The second-order valence-corrected chi connectivity index (χ2v) is 8.02. The first-order chi connectivity index (χ1) is 13.2. The SMILES string of the molecule is CCCCCCCCC1(C)C=CC=C(Nc2ccc3ccccc3c2)C=C1. The molecule has 142 valence electrons. The Morgan fingerprint density at radius 3 is 2.48 bits per heavy atom. The summed E-state index contributed by atoms with van der Waals surface area (Å²) >= 11 is 0. The fourth-order valence-corrected chi connectivity index (χ4v) is 3.73. The van der Waals surface area contributed by atoms with Crippen LogP contribution in [-0.4, -0.2) is 0 Å². The monoisotopic (exact) mass is 359 g/mol. The minimum atomic E-state index is 0.161. The third-order valence-corrected chi connectivity index (χ3v) is 5.50. The Kier molecular flexibility index (Phi) is 6.92. The van der Waals surface area contributed by atoms with Gasteiger partial charge >= 0.3 is 0 Å². The second kappa shape index (κ2) is 9.60. The largest absolute Gasteiger partial charge is 0.356 e. The minimum Gasteiger partial charge on any atom is -0.356 e. The topological polar surface area (TPSA) is 12.0 Å². The Morgan fingerprint density at radius 2 is 1.63 bits per heavy atom. The van der Waals surface area contributed by atoms with Crippen molar-refractivity contribution in [2.75, 3.05) is 5.32 Å². The molecule has 2 aromatic carbocycles. The lowest BCUT2D eigenvalue weighted by molar-refractivity contribution is 0.456. The summed E-state index contributed by atoms with van der Waals surface area (Å²) < 4.78 is 0. The minimum absolute atomic E-state index is 0.161. The lowest BCUT2D eigenvalue weighted by atomic mass is 9.84. The summed E-state index contributed by atoms with van der Waals surface area (Å²) in [4.78, 5) is 0. The van der Waals surface area contributed by atoms with Crippen molar-refractivity contribution in [2.45, 2.75) is 58.8 Å². The Labute approximate surface area is 164 Å². The summed E-state index contributed by atoms with van der Waals surface area (Å²) in [6.45, 7) is 4.62. The molecule has 0 aromatic heterocycles. The molecule has 3 rings (SSSR count). The molecule has 1 atom stereocenters. The van der Waals surface area contributed by atoms with Gasteiger partial charge in [-0.2, -0.15) is 0 Å². The van der Waals surface area contributed by atoms with Crippen molar-refractivity contribution in [3.8, 4) is 0 Å². The number of hydrogen-bond acceptors (Lipinski definition) is 1. The molecule has 1 heteroatoms. The Morgan fingerprint density at radius 1 is 0.852 bits per heavy atom. The Balaban J connectivity index is 1.56. The predicted molar refractivity (Wildman–Crippen MR) is 120 cm³/mol. The second-order valence-electron chi connectivity index (χ2n) is 8.02. The molecule has 0 amide bonds. The van der Waals surface area contributed by atoms with E-state index < -0.39 is 0 Å². The molecule has 1 nitrogen and oxygen atoms in total. The quantitative estimate of drug-likeness (QED) is 0.447. The summed E-state index contributed by atoms with van der Waals surface area (Å²) in [5.74, 6) is 0. The smallest absolute Gasteiger partial charge is 0.0390 e. The molecule has 0 saturated carbocycles. The summed E-state index contributed by atoms with van der Waals surface area (Å²) in [6.07, 6.45) is 20.7. The fourth-order valence-electron chi connectivity index (χ4n) is 3.73. The first-order valence-electron chi connectivity index (χ1n) is 10.5. The van der Waals surface area contributed by atoms with Crippen LogP contribution in [0.3, 0.4) is 0 Å². The van der Waals surface area contributed by atoms with Crippen LogP contribution in [0.25, 0.3) is 10.8 Å². The summed E-state index contributed by atoms with van der Waals surface area (Å²) in [7, 11) is 0. The third-order valence-electron chi connectivity index (χ3n) is 5.50. The number of fused-ring (bicyclic) bond motifs is 1. The number of hydrogen-bond donors (Lipinski definition) is 1. The van der Waals surface area contributed by atoms with E-state index in [4.69, 9.17) is 0 Å². The molecule has 2 aromatic rings. The molecular formula is C26H33N. The lowest BCUT2D eigenvalue weighted by Gasteiger charge is -2.21. The van der Waals surface area contributed by atoms with E-state index in [-0.39, 0.29) is 5.41 Å². The Hall–Kier alpha value is -2.28. The average Bonchev–Trinajstić information content (AvgIpc) is 2.86. The number of anilines is 1.